The van der Waals surface area contributed by atoms with Gasteiger partial charge in [0.15, 0.2) is 0 Å². The molecule has 1 aromatic heterocycles. The largest absolute Gasteiger partial charge is 0.324 e. The highest BCUT2D eigenvalue weighted by Gasteiger charge is 2.35. The Balaban J connectivity index is 1.76. The maximum Gasteiger partial charge on any atom is 0.244 e. The predicted octanol–water partition coefficient (Wildman–Crippen LogP) is 2.61. The molecule has 3 rings (SSSR count). The van der Waals surface area contributed by atoms with Crippen molar-refractivity contribution in [3.63, 3.8) is 0 Å². The zero-order chi connectivity index (χ0) is 15.6. The van der Waals surface area contributed by atoms with Gasteiger partial charge in [-0.25, -0.2) is 9.37 Å². The topological polar surface area (TPSA) is 72.9 Å². The fourth-order valence-corrected chi connectivity index (χ4v) is 2.86. The molecule has 1 fully saturated rings. The second kappa shape index (κ2) is 5.88. The number of nitrogens with one attached hydrogen (secondary N) is 1. The number of anilines is 1. The Bertz CT molecular complexity index is 663. The van der Waals surface area contributed by atoms with E-state index in [0.29, 0.717) is 24.2 Å². The predicted molar refractivity (Wildman–Crippen MR) is 82.2 cm³/mol. The second-order valence-corrected chi connectivity index (χ2v) is 5.81. The fourth-order valence-electron chi connectivity index (χ4n) is 2.86. The van der Waals surface area contributed by atoms with Crippen LogP contribution in [0, 0.1) is 5.82 Å². The minimum atomic E-state index is -0.836. The third-order valence-electron chi connectivity index (χ3n) is 4.19. The van der Waals surface area contributed by atoms with E-state index >= 15 is 0 Å². The van der Waals surface area contributed by atoms with E-state index in [4.69, 9.17) is 5.73 Å². The van der Waals surface area contributed by atoms with Crippen LogP contribution in [0.3, 0.4) is 0 Å². The lowest BCUT2D eigenvalue weighted by Gasteiger charge is -2.31. The summed E-state index contributed by atoms with van der Waals surface area (Å²) >= 11 is 0. The number of aromatic nitrogens is 2. The minimum absolute atomic E-state index is 0.234. The number of benzene rings is 1. The first-order valence-electron chi connectivity index (χ1n) is 7.47. The molecule has 2 aromatic rings. The van der Waals surface area contributed by atoms with Gasteiger partial charge < -0.3 is 15.6 Å². The van der Waals surface area contributed by atoms with E-state index in [0.717, 1.165) is 19.3 Å². The molecule has 0 bridgehead atoms. The summed E-state index contributed by atoms with van der Waals surface area (Å²) in [6, 6.07) is 4.58. The highest BCUT2D eigenvalue weighted by molar-refractivity contribution is 5.98. The normalized spacial score (nSPS) is 17.2. The van der Waals surface area contributed by atoms with Gasteiger partial charge >= 0.3 is 0 Å². The van der Waals surface area contributed by atoms with Gasteiger partial charge in [-0.2, -0.15) is 0 Å². The van der Waals surface area contributed by atoms with Crippen LogP contribution in [0.15, 0.2) is 36.9 Å². The van der Waals surface area contributed by atoms with E-state index in [-0.39, 0.29) is 5.91 Å². The Morgan fingerprint density at radius 1 is 1.32 bits per heavy atom. The Morgan fingerprint density at radius 2 is 2.09 bits per heavy atom. The van der Waals surface area contributed by atoms with Crippen LogP contribution in [0.4, 0.5) is 10.1 Å². The Labute approximate surface area is 128 Å². The van der Waals surface area contributed by atoms with Gasteiger partial charge in [0.1, 0.15) is 5.82 Å². The number of amides is 1. The first-order valence-corrected chi connectivity index (χ1v) is 7.47. The molecule has 0 aliphatic heterocycles. The van der Waals surface area contributed by atoms with Crippen LogP contribution in [-0.2, 0) is 4.79 Å². The molecule has 1 saturated carbocycles. The van der Waals surface area contributed by atoms with E-state index in [1.54, 1.807) is 29.1 Å². The van der Waals surface area contributed by atoms with Crippen LogP contribution in [0.5, 0.6) is 0 Å². The van der Waals surface area contributed by atoms with Crippen molar-refractivity contribution < 1.29 is 9.18 Å². The molecule has 0 unspecified atom stereocenters. The lowest BCUT2D eigenvalue weighted by atomic mass is 9.82. The first kappa shape index (κ1) is 14.7. The lowest BCUT2D eigenvalue weighted by Crippen LogP contribution is -2.52. The number of imidazole rings is 1. The molecule has 22 heavy (non-hydrogen) atoms. The Hall–Kier alpha value is -2.21. The van der Waals surface area contributed by atoms with Gasteiger partial charge in [-0.3, -0.25) is 4.79 Å². The SMILES string of the molecule is NC1(C(=O)Nc2ccc(-n3ccnc3)c(F)c2)CCCCC1. The summed E-state index contributed by atoms with van der Waals surface area (Å²) in [4.78, 5) is 16.2. The van der Waals surface area contributed by atoms with Gasteiger partial charge in [0.05, 0.1) is 17.6 Å². The van der Waals surface area contributed by atoms with Gasteiger partial charge in [-0.05, 0) is 31.0 Å². The Kier molecular flexibility index (Phi) is 3.94. The molecule has 1 aromatic carbocycles. The number of hydrogen-bond acceptors (Lipinski definition) is 3. The average molecular weight is 302 g/mol. The molecular formula is C16H19FN4O. The van der Waals surface area contributed by atoms with Gasteiger partial charge in [0.2, 0.25) is 5.91 Å². The highest BCUT2D eigenvalue weighted by Crippen LogP contribution is 2.27. The number of carbonyl (C=O) groups excluding carboxylic acids is 1. The molecule has 5 nitrogen and oxygen atoms in total. The summed E-state index contributed by atoms with van der Waals surface area (Å²) in [7, 11) is 0. The summed E-state index contributed by atoms with van der Waals surface area (Å²) in [6.07, 6.45) is 9.14. The van der Waals surface area contributed by atoms with Gasteiger partial charge in [-0.1, -0.05) is 19.3 Å². The van der Waals surface area contributed by atoms with Crippen LogP contribution in [0.2, 0.25) is 0 Å². The Morgan fingerprint density at radius 3 is 2.73 bits per heavy atom. The molecular weight excluding hydrogens is 283 g/mol. The third-order valence-corrected chi connectivity index (χ3v) is 4.19. The minimum Gasteiger partial charge on any atom is -0.324 e. The number of halogens is 1. The van der Waals surface area contributed by atoms with Crippen LogP contribution in [-0.4, -0.2) is 21.0 Å². The van der Waals surface area contributed by atoms with E-state index in [2.05, 4.69) is 10.3 Å². The molecule has 6 heteroatoms. The van der Waals surface area contributed by atoms with E-state index in [1.807, 2.05) is 0 Å². The molecule has 1 aliphatic carbocycles. The zero-order valence-electron chi connectivity index (χ0n) is 12.3. The standard InChI is InChI=1S/C16H19FN4O/c17-13-10-12(4-5-14(13)21-9-8-19-11-21)20-15(22)16(18)6-2-1-3-7-16/h4-5,8-11H,1-3,6-7,18H2,(H,20,22). The molecule has 0 radical (unpaired) electrons. The summed E-state index contributed by atoms with van der Waals surface area (Å²) in [5.41, 5.74) is 6.14. The number of nitrogens with two attached hydrogens (primary N) is 1. The van der Waals surface area contributed by atoms with E-state index in [1.165, 1.54) is 12.4 Å². The summed E-state index contributed by atoms with van der Waals surface area (Å²) in [5, 5.41) is 2.74. The molecule has 0 atom stereocenters. The maximum atomic E-state index is 14.2. The van der Waals surface area contributed by atoms with Crippen LogP contribution >= 0.6 is 0 Å². The van der Waals surface area contributed by atoms with Crippen molar-refractivity contribution in [2.45, 2.75) is 37.6 Å². The lowest BCUT2D eigenvalue weighted by molar-refractivity contribution is -0.122. The van der Waals surface area contributed by atoms with E-state index in [9.17, 15) is 9.18 Å². The molecule has 3 N–H and O–H groups in total. The first-order chi connectivity index (χ1) is 10.6. The molecule has 1 heterocycles. The van der Waals surface area contributed by atoms with Gasteiger partial charge in [-0.15, -0.1) is 0 Å². The average Bonchev–Trinajstić information content (AvgIpc) is 3.02. The highest BCUT2D eigenvalue weighted by atomic mass is 19.1. The van der Waals surface area contributed by atoms with Crippen molar-refractivity contribution in [3.8, 4) is 5.69 Å². The van der Waals surface area contributed by atoms with Gasteiger partial charge in [0.25, 0.3) is 0 Å². The van der Waals surface area contributed by atoms with Crippen molar-refractivity contribution in [3.05, 3.63) is 42.7 Å². The molecule has 1 amide bonds. The molecule has 0 spiro atoms. The van der Waals surface area contributed by atoms with Gasteiger partial charge in [0, 0.05) is 18.1 Å². The quantitative estimate of drug-likeness (QED) is 0.915. The summed E-state index contributed by atoms with van der Waals surface area (Å²) in [5.74, 6) is -0.660. The van der Waals surface area contributed by atoms with Crippen LogP contribution in [0.25, 0.3) is 5.69 Å². The molecule has 0 saturated heterocycles. The van der Waals surface area contributed by atoms with E-state index < -0.39 is 11.4 Å². The van der Waals surface area contributed by atoms with Crippen molar-refractivity contribution in [1.82, 2.24) is 9.55 Å². The smallest absolute Gasteiger partial charge is 0.244 e. The number of carbonyl (C=O) groups is 1. The summed E-state index contributed by atoms with van der Waals surface area (Å²) < 4.78 is 15.7. The number of nitrogens with zero attached hydrogens (tertiary/aromatic N) is 2. The zero-order valence-corrected chi connectivity index (χ0v) is 12.3. The van der Waals surface area contributed by atoms with Crippen molar-refractivity contribution in [1.29, 1.82) is 0 Å². The summed E-state index contributed by atoms with van der Waals surface area (Å²) in [6.45, 7) is 0. The third kappa shape index (κ3) is 2.87. The molecule has 116 valence electrons. The fraction of sp³-hybridized carbons (Fsp3) is 0.375. The maximum absolute atomic E-state index is 14.2. The monoisotopic (exact) mass is 302 g/mol. The van der Waals surface area contributed by atoms with Crippen molar-refractivity contribution in [2.24, 2.45) is 5.73 Å². The number of hydrogen-bond donors (Lipinski definition) is 2. The van der Waals surface area contributed by atoms with Crippen LogP contribution < -0.4 is 11.1 Å². The second-order valence-electron chi connectivity index (χ2n) is 5.81. The van der Waals surface area contributed by atoms with Crippen LogP contribution in [0.1, 0.15) is 32.1 Å². The number of rotatable bonds is 3. The molecule has 1 aliphatic rings. The van der Waals surface area contributed by atoms with Crippen molar-refractivity contribution >= 4 is 11.6 Å². The van der Waals surface area contributed by atoms with Crippen molar-refractivity contribution in [2.75, 3.05) is 5.32 Å².